The Morgan fingerprint density at radius 1 is 1.23 bits per heavy atom. The maximum atomic E-state index is 14.3. The molecule has 1 amide bonds. The van der Waals surface area contributed by atoms with Crippen LogP contribution in [0.4, 0.5) is 0 Å². The molecular formula is C26H32N3OPo. The van der Waals surface area contributed by atoms with E-state index in [1.165, 1.54) is 44.1 Å². The number of carbonyl (C=O) groups excluding carboxylic acids is 1. The summed E-state index contributed by atoms with van der Waals surface area (Å²) in [5.41, 5.74) is 1.31. The van der Waals surface area contributed by atoms with Gasteiger partial charge in [0.1, 0.15) is 0 Å². The van der Waals surface area contributed by atoms with Crippen molar-refractivity contribution in [1.29, 1.82) is 5.26 Å². The zero-order chi connectivity index (χ0) is 21.4. The van der Waals surface area contributed by atoms with E-state index in [1.807, 2.05) is 11.0 Å². The summed E-state index contributed by atoms with van der Waals surface area (Å²) in [4.78, 5) is 16.3. The first kappa shape index (κ1) is 20.6. The third-order valence-corrected chi connectivity index (χ3v) is 11.2. The molecule has 1 aromatic carbocycles. The van der Waals surface area contributed by atoms with Gasteiger partial charge in [-0.3, -0.25) is 0 Å². The van der Waals surface area contributed by atoms with Crippen molar-refractivity contribution in [2.24, 2.45) is 29.1 Å². The van der Waals surface area contributed by atoms with Crippen LogP contribution in [-0.2, 0) is 11.3 Å². The van der Waals surface area contributed by atoms with E-state index in [9.17, 15) is 10.1 Å². The third kappa shape index (κ3) is 3.31. The van der Waals surface area contributed by atoms with Gasteiger partial charge in [-0.1, -0.05) is 0 Å². The molecule has 4 bridgehead atoms. The minimum absolute atomic E-state index is 0.0773. The van der Waals surface area contributed by atoms with Gasteiger partial charge in [0.05, 0.1) is 0 Å². The van der Waals surface area contributed by atoms with Crippen LogP contribution in [0.1, 0.15) is 57.4 Å². The molecule has 6 fully saturated rings. The summed E-state index contributed by atoms with van der Waals surface area (Å²) in [7, 11) is 0. The number of nitriles is 1. The van der Waals surface area contributed by atoms with Crippen molar-refractivity contribution in [3.05, 3.63) is 35.9 Å². The van der Waals surface area contributed by atoms with E-state index in [4.69, 9.17) is 0 Å². The van der Waals surface area contributed by atoms with Crippen LogP contribution >= 0.6 is 0 Å². The molecule has 5 saturated carbocycles. The molecule has 1 aromatic rings. The first-order valence-corrected chi connectivity index (χ1v) is 13.7. The van der Waals surface area contributed by atoms with E-state index in [2.05, 4.69) is 42.6 Å². The van der Waals surface area contributed by atoms with Crippen LogP contribution in [0.5, 0.6) is 0 Å². The molecule has 5 aliphatic carbocycles. The van der Waals surface area contributed by atoms with E-state index in [0.717, 1.165) is 24.8 Å². The molecule has 4 nitrogen and oxygen atoms in total. The number of likely N-dealkylation sites (tertiary alicyclic amines) is 1. The number of hydrogen-bond donors (Lipinski definition) is 1. The Morgan fingerprint density at radius 2 is 1.94 bits per heavy atom. The second-order valence-corrected chi connectivity index (χ2v) is 14.8. The van der Waals surface area contributed by atoms with Crippen molar-refractivity contribution >= 4 is 31.0 Å². The topological polar surface area (TPSA) is 56.1 Å². The van der Waals surface area contributed by atoms with Gasteiger partial charge in [-0.05, 0) is 0 Å². The van der Waals surface area contributed by atoms with E-state index < -0.39 is 0 Å². The van der Waals surface area contributed by atoms with Crippen LogP contribution in [0, 0.1) is 40.4 Å². The quantitative estimate of drug-likeness (QED) is 0.551. The second kappa shape index (κ2) is 7.27. The van der Waals surface area contributed by atoms with E-state index >= 15 is 0 Å². The number of rotatable bonds is 5. The number of piperidine rings is 1. The van der Waals surface area contributed by atoms with Crippen LogP contribution in [0.25, 0.3) is 0 Å². The molecule has 0 aromatic heterocycles. The number of fused-ring (bicyclic) bond motifs is 1. The molecule has 5 heteroatoms. The van der Waals surface area contributed by atoms with Crippen LogP contribution in [-0.4, -0.2) is 54.0 Å². The summed E-state index contributed by atoms with van der Waals surface area (Å²) >= 11 is 1.74. The monoisotopic (exact) mass is 611 g/mol. The summed E-state index contributed by atoms with van der Waals surface area (Å²) in [6, 6.07) is 12.9. The number of hydrogen-bond acceptors (Lipinski definition) is 3. The maximum absolute atomic E-state index is 14.3. The van der Waals surface area contributed by atoms with E-state index in [0.29, 0.717) is 21.0 Å². The fourth-order valence-electron chi connectivity index (χ4n) is 8.45. The average molecular weight is 612 g/mol. The van der Waals surface area contributed by atoms with Gasteiger partial charge < -0.3 is 0 Å². The summed E-state index contributed by atoms with van der Waals surface area (Å²) < 4.78 is 0.478. The molecule has 1 heterocycles. The number of benzene rings is 1. The van der Waals surface area contributed by atoms with Gasteiger partial charge in [0.15, 0.2) is 0 Å². The van der Waals surface area contributed by atoms with Crippen molar-refractivity contribution in [2.75, 3.05) is 0 Å². The number of nitrogens with one attached hydrogen (secondary N) is 1. The molecule has 31 heavy (non-hydrogen) atoms. The number of nitrogens with zero attached hydrogens (tertiary/aromatic N) is 2. The van der Waals surface area contributed by atoms with Crippen LogP contribution in [0.15, 0.2) is 30.3 Å². The molecule has 1 radical (unpaired) electrons. The molecule has 7 atom stereocenters. The summed E-state index contributed by atoms with van der Waals surface area (Å²) in [6.07, 6.45) is 8.62. The first-order chi connectivity index (χ1) is 14.9. The van der Waals surface area contributed by atoms with Gasteiger partial charge in [0.25, 0.3) is 0 Å². The van der Waals surface area contributed by atoms with Gasteiger partial charge in [-0.25, -0.2) is 0 Å². The number of amides is 1. The molecule has 2 unspecified atom stereocenters. The summed E-state index contributed by atoms with van der Waals surface area (Å²) in [5, 5.41) is 13.6. The fraction of sp³-hybridized carbons (Fsp3) is 0.692. The first-order valence-electron chi connectivity index (χ1n) is 12.1. The normalized spacial score (nSPS) is 45.3. The van der Waals surface area contributed by atoms with E-state index in [1.54, 1.807) is 25.1 Å². The average Bonchev–Trinajstić information content (AvgIpc) is 3.17. The Morgan fingerprint density at radius 3 is 2.58 bits per heavy atom. The van der Waals surface area contributed by atoms with Gasteiger partial charge in [0.2, 0.25) is 0 Å². The minimum atomic E-state index is -0.227. The number of carbonyl (C=O) groups is 1. The Balaban J connectivity index is 1.33. The predicted octanol–water partition coefficient (Wildman–Crippen LogP) is 3.83. The van der Waals surface area contributed by atoms with Crippen molar-refractivity contribution in [3.8, 4) is 6.07 Å². The molecular weight excluding hydrogens is 579 g/mol. The molecule has 7 rings (SSSR count). The van der Waals surface area contributed by atoms with Crippen molar-refractivity contribution < 1.29 is 4.79 Å². The van der Waals surface area contributed by atoms with Gasteiger partial charge in [-0.2, -0.15) is 0 Å². The summed E-state index contributed by atoms with van der Waals surface area (Å²) in [6.45, 7) is 2.98. The van der Waals surface area contributed by atoms with Gasteiger partial charge in [0, 0.05) is 0 Å². The van der Waals surface area contributed by atoms with Crippen LogP contribution in [0.3, 0.4) is 0 Å². The van der Waals surface area contributed by atoms with Crippen molar-refractivity contribution in [3.63, 3.8) is 0 Å². The Bertz CT molecular complexity index is 912. The molecule has 1 aliphatic heterocycles. The zero-order valence-corrected chi connectivity index (χ0v) is 21.5. The molecule has 6 aliphatic rings. The fourth-order valence-corrected chi connectivity index (χ4v) is 11.4. The molecule has 0 spiro atoms. The van der Waals surface area contributed by atoms with Gasteiger partial charge in [-0.15, -0.1) is 0 Å². The zero-order valence-electron chi connectivity index (χ0n) is 18.3. The van der Waals surface area contributed by atoms with E-state index in [-0.39, 0.29) is 23.4 Å². The van der Waals surface area contributed by atoms with Gasteiger partial charge >= 0.3 is 202 Å². The Labute approximate surface area is 201 Å². The Kier molecular flexibility index (Phi) is 4.84. The van der Waals surface area contributed by atoms with Crippen molar-refractivity contribution in [2.45, 2.75) is 79.6 Å². The SMILES string of the molecule is C[C@H]1[C@H]2C[C@@H](C#N)N(C(=O)[C@@H](NCc3ccccc3)C34CC5CC(C[C]([Po])(C5)C3)C4)[C@@H]12. The van der Waals surface area contributed by atoms with Crippen molar-refractivity contribution in [1.82, 2.24) is 10.2 Å². The van der Waals surface area contributed by atoms with Crippen LogP contribution in [0.2, 0.25) is 3.07 Å². The molecule has 163 valence electrons. The Hall–Kier alpha value is -0.964. The third-order valence-electron chi connectivity index (χ3n) is 9.33. The molecule has 1 N–H and O–H groups in total. The molecule has 1 saturated heterocycles. The summed E-state index contributed by atoms with van der Waals surface area (Å²) in [5.74, 6) is 2.93. The predicted molar refractivity (Wildman–Crippen MR) is 120 cm³/mol. The van der Waals surface area contributed by atoms with Crippen LogP contribution < -0.4 is 5.32 Å². The standard InChI is InChI=1S/C26H32N3O.Po/c1-16-22-10-21(14-27)29(23(16)22)25(30)24(28-15-17-5-3-2-4-6-17)26-11-18-7-19(12-26)9-20(8-18)13-26;/h2-6,16,18-19,21-24,28H,7-13,15H2,1H3;/t16-,18?,19?,21-,22+,23-,24+,26?;/m0./s1. The second-order valence-electron chi connectivity index (χ2n) is 11.4.